The van der Waals surface area contributed by atoms with Crippen LogP contribution in [0.4, 0.5) is 0 Å². The summed E-state index contributed by atoms with van der Waals surface area (Å²) in [5, 5.41) is 3.44. The molecule has 0 saturated heterocycles. The Morgan fingerprint density at radius 3 is 2.67 bits per heavy atom. The van der Waals surface area contributed by atoms with Gasteiger partial charge in [0.25, 0.3) is 0 Å². The molecule has 3 heteroatoms. The zero-order chi connectivity index (χ0) is 9.03. The predicted molar refractivity (Wildman–Crippen MR) is 54.8 cm³/mol. The maximum atomic E-state index is 5.15. The molecule has 1 atom stereocenters. The van der Waals surface area contributed by atoms with E-state index in [1.165, 1.54) is 12.8 Å². The molecule has 1 unspecified atom stereocenters. The van der Waals surface area contributed by atoms with Crippen LogP contribution in [0.15, 0.2) is 0 Å². The van der Waals surface area contributed by atoms with Gasteiger partial charge >= 0.3 is 0 Å². The van der Waals surface area contributed by atoms with E-state index in [1.807, 2.05) is 11.8 Å². The van der Waals surface area contributed by atoms with Crippen LogP contribution < -0.4 is 5.32 Å². The Bertz CT molecular complexity index is 136. The van der Waals surface area contributed by atoms with Crippen LogP contribution in [-0.4, -0.2) is 37.3 Å². The van der Waals surface area contributed by atoms with E-state index >= 15 is 0 Å². The molecule has 0 heterocycles. The highest BCUT2D eigenvalue weighted by Crippen LogP contribution is 2.46. The summed E-state index contributed by atoms with van der Waals surface area (Å²) in [5.74, 6) is 0. The second-order valence-electron chi connectivity index (χ2n) is 3.56. The molecule has 1 aliphatic carbocycles. The Balaban J connectivity index is 2.02. The van der Waals surface area contributed by atoms with E-state index in [0.717, 1.165) is 13.1 Å². The van der Waals surface area contributed by atoms with Crippen molar-refractivity contribution < 1.29 is 4.74 Å². The Morgan fingerprint density at radius 1 is 1.58 bits per heavy atom. The van der Waals surface area contributed by atoms with Gasteiger partial charge in [0.1, 0.15) is 0 Å². The molecule has 0 bridgehead atoms. The third-order valence-electron chi connectivity index (χ3n) is 2.52. The van der Waals surface area contributed by atoms with E-state index in [9.17, 15) is 0 Å². The average Bonchev–Trinajstić information content (AvgIpc) is 2.85. The summed E-state index contributed by atoms with van der Waals surface area (Å²) in [6.45, 7) is 4.20. The fourth-order valence-corrected chi connectivity index (χ4v) is 1.94. The minimum absolute atomic E-state index is 0.336. The molecule has 0 spiro atoms. The molecule has 1 saturated carbocycles. The molecule has 0 aromatic carbocycles. The molecular formula is C9H19NOS. The van der Waals surface area contributed by atoms with E-state index in [1.54, 1.807) is 7.11 Å². The van der Waals surface area contributed by atoms with Crippen molar-refractivity contribution >= 4 is 11.8 Å². The monoisotopic (exact) mass is 189 g/mol. The van der Waals surface area contributed by atoms with Crippen molar-refractivity contribution in [3.8, 4) is 0 Å². The highest BCUT2D eigenvalue weighted by atomic mass is 32.2. The Kier molecular flexibility index (Phi) is 3.87. The second-order valence-corrected chi connectivity index (χ2v) is 4.84. The van der Waals surface area contributed by atoms with Gasteiger partial charge in [-0.1, -0.05) is 0 Å². The first kappa shape index (κ1) is 10.4. The molecule has 0 aromatic heterocycles. The van der Waals surface area contributed by atoms with Crippen molar-refractivity contribution in [3.63, 3.8) is 0 Å². The van der Waals surface area contributed by atoms with Gasteiger partial charge in [-0.15, -0.1) is 0 Å². The third kappa shape index (κ3) is 2.96. The quantitative estimate of drug-likeness (QED) is 0.684. The minimum Gasteiger partial charge on any atom is -0.380 e. The predicted octanol–water partition coefficient (Wildman–Crippen LogP) is 1.51. The summed E-state index contributed by atoms with van der Waals surface area (Å²) in [6, 6.07) is 0. The van der Waals surface area contributed by atoms with Crippen molar-refractivity contribution in [1.82, 2.24) is 5.32 Å². The molecule has 1 aliphatic rings. The molecule has 0 amide bonds. The minimum atomic E-state index is 0.336. The Morgan fingerprint density at radius 2 is 2.25 bits per heavy atom. The number of ether oxygens (including phenoxy) is 1. The van der Waals surface area contributed by atoms with Crippen LogP contribution >= 0.6 is 11.8 Å². The van der Waals surface area contributed by atoms with Crippen LogP contribution in [-0.2, 0) is 4.74 Å². The first-order chi connectivity index (χ1) is 5.72. The largest absolute Gasteiger partial charge is 0.380 e. The van der Waals surface area contributed by atoms with E-state index in [2.05, 4.69) is 18.5 Å². The topological polar surface area (TPSA) is 21.3 Å². The van der Waals surface area contributed by atoms with Crippen LogP contribution in [0.25, 0.3) is 0 Å². The smallest absolute Gasteiger partial charge is 0.0667 e. The molecule has 1 N–H and O–H groups in total. The zero-order valence-corrected chi connectivity index (χ0v) is 9.04. The van der Waals surface area contributed by atoms with Crippen LogP contribution in [0, 0.1) is 0 Å². The number of thioether (sulfide) groups is 1. The fourth-order valence-electron chi connectivity index (χ4n) is 1.18. The third-order valence-corrected chi connectivity index (χ3v) is 3.94. The molecule has 0 radical (unpaired) electrons. The Hall–Kier alpha value is 0.270. The van der Waals surface area contributed by atoms with Gasteiger partial charge in [-0.2, -0.15) is 11.8 Å². The second kappa shape index (κ2) is 4.49. The summed E-state index contributed by atoms with van der Waals surface area (Å²) in [6.07, 6.45) is 5.29. The summed E-state index contributed by atoms with van der Waals surface area (Å²) >= 11 is 1.99. The first-order valence-corrected chi connectivity index (χ1v) is 5.73. The number of hydrogen-bond acceptors (Lipinski definition) is 3. The Labute approximate surface area is 79.4 Å². The first-order valence-electron chi connectivity index (χ1n) is 4.51. The maximum Gasteiger partial charge on any atom is 0.0667 e. The lowest BCUT2D eigenvalue weighted by molar-refractivity contribution is 0.117. The van der Waals surface area contributed by atoms with Crippen molar-refractivity contribution in [2.75, 3.05) is 26.5 Å². The molecule has 2 nitrogen and oxygen atoms in total. The number of nitrogens with one attached hydrogen (secondary N) is 1. The van der Waals surface area contributed by atoms with Gasteiger partial charge in [0.2, 0.25) is 0 Å². The van der Waals surface area contributed by atoms with Gasteiger partial charge in [0.15, 0.2) is 0 Å². The molecular weight excluding hydrogens is 170 g/mol. The van der Waals surface area contributed by atoms with E-state index < -0.39 is 0 Å². The van der Waals surface area contributed by atoms with Crippen LogP contribution in [0.3, 0.4) is 0 Å². The molecule has 0 aromatic rings. The van der Waals surface area contributed by atoms with Gasteiger partial charge in [-0.25, -0.2) is 0 Å². The number of rotatable bonds is 6. The summed E-state index contributed by atoms with van der Waals surface area (Å²) < 4.78 is 5.73. The van der Waals surface area contributed by atoms with Gasteiger partial charge in [-0.05, 0) is 26.0 Å². The summed E-state index contributed by atoms with van der Waals surface area (Å²) in [7, 11) is 1.76. The molecule has 0 aliphatic heterocycles. The lowest BCUT2D eigenvalue weighted by atomic mass is 10.3. The highest BCUT2D eigenvalue weighted by Gasteiger charge is 2.41. The fraction of sp³-hybridized carbons (Fsp3) is 1.00. The van der Waals surface area contributed by atoms with Crippen LogP contribution in [0.5, 0.6) is 0 Å². The average molecular weight is 189 g/mol. The summed E-state index contributed by atoms with van der Waals surface area (Å²) in [4.78, 5) is 0. The maximum absolute atomic E-state index is 5.15. The van der Waals surface area contributed by atoms with E-state index in [-0.39, 0.29) is 0 Å². The lowest BCUT2D eigenvalue weighted by Gasteiger charge is -2.15. The number of hydrogen-bond donors (Lipinski definition) is 1. The van der Waals surface area contributed by atoms with Gasteiger partial charge in [-0.3, -0.25) is 0 Å². The van der Waals surface area contributed by atoms with E-state index in [4.69, 9.17) is 4.74 Å². The molecule has 1 rings (SSSR count). The van der Waals surface area contributed by atoms with Crippen molar-refractivity contribution in [2.24, 2.45) is 0 Å². The molecule has 72 valence electrons. The van der Waals surface area contributed by atoms with Crippen molar-refractivity contribution in [2.45, 2.75) is 30.6 Å². The molecule has 1 fully saturated rings. The SMILES string of the molecule is COC(C)CNCC1(SC)CC1. The van der Waals surface area contributed by atoms with Crippen LogP contribution in [0.1, 0.15) is 19.8 Å². The number of methoxy groups -OCH3 is 1. The van der Waals surface area contributed by atoms with Gasteiger partial charge in [0.05, 0.1) is 6.10 Å². The highest BCUT2D eigenvalue weighted by molar-refractivity contribution is 8.00. The molecule has 12 heavy (non-hydrogen) atoms. The van der Waals surface area contributed by atoms with Gasteiger partial charge in [0, 0.05) is 24.9 Å². The van der Waals surface area contributed by atoms with Gasteiger partial charge < -0.3 is 10.1 Å². The standard InChI is InChI=1S/C9H19NOS/c1-8(11-2)6-10-7-9(12-3)4-5-9/h8,10H,4-7H2,1-3H3. The van der Waals surface area contributed by atoms with Crippen molar-refractivity contribution in [1.29, 1.82) is 0 Å². The van der Waals surface area contributed by atoms with Crippen LogP contribution in [0.2, 0.25) is 0 Å². The zero-order valence-electron chi connectivity index (χ0n) is 8.22. The lowest BCUT2D eigenvalue weighted by Crippen LogP contribution is -2.32. The summed E-state index contributed by atoms with van der Waals surface area (Å²) in [5.41, 5.74) is 0. The van der Waals surface area contributed by atoms with E-state index in [0.29, 0.717) is 10.9 Å². The normalized spacial score (nSPS) is 22.2. The van der Waals surface area contributed by atoms with Crippen molar-refractivity contribution in [3.05, 3.63) is 0 Å².